The average molecular weight is 697 g/mol. The molecule has 0 amide bonds. The third kappa shape index (κ3) is 5.90. The van der Waals surface area contributed by atoms with E-state index in [1.165, 1.54) is 64.6 Å². The predicted molar refractivity (Wildman–Crippen MR) is 224 cm³/mol. The molecule has 0 aliphatic heterocycles. The summed E-state index contributed by atoms with van der Waals surface area (Å²) in [6.45, 7) is 1.19. The van der Waals surface area contributed by atoms with Crippen molar-refractivity contribution < 1.29 is 14.2 Å². The molecule has 258 valence electrons. The van der Waals surface area contributed by atoms with Gasteiger partial charge in [0.1, 0.15) is 37.1 Å². The molecule has 0 spiro atoms. The van der Waals surface area contributed by atoms with Crippen LogP contribution in [0, 0.1) is 0 Å². The van der Waals surface area contributed by atoms with Crippen LogP contribution in [0.4, 0.5) is 0 Å². The van der Waals surface area contributed by atoms with Crippen molar-refractivity contribution in [2.75, 3.05) is 0 Å². The van der Waals surface area contributed by atoms with Gasteiger partial charge in [0, 0.05) is 34.9 Å². The maximum atomic E-state index is 6.71. The van der Waals surface area contributed by atoms with E-state index in [-0.39, 0.29) is 0 Å². The Morgan fingerprint density at radius 1 is 0.241 bits per heavy atom. The van der Waals surface area contributed by atoms with Crippen molar-refractivity contribution in [3.05, 3.63) is 199 Å². The molecule has 10 aromatic rings. The van der Waals surface area contributed by atoms with E-state index in [0.717, 1.165) is 16.7 Å². The van der Waals surface area contributed by atoms with Gasteiger partial charge in [0.05, 0.1) is 0 Å². The molecule has 0 unspecified atom stereocenters. The molecule has 0 radical (unpaired) electrons. The molecule has 0 N–H and O–H groups in total. The van der Waals surface area contributed by atoms with Gasteiger partial charge in [-0.25, -0.2) is 0 Å². The second kappa shape index (κ2) is 13.6. The lowest BCUT2D eigenvalue weighted by Gasteiger charge is -2.17. The average Bonchev–Trinajstić information content (AvgIpc) is 3.22. The zero-order valence-corrected chi connectivity index (χ0v) is 29.7. The predicted octanol–water partition coefficient (Wildman–Crippen LogP) is 13.3. The Hall–Kier alpha value is -6.84. The van der Waals surface area contributed by atoms with Gasteiger partial charge in [0.15, 0.2) is 0 Å². The van der Waals surface area contributed by atoms with Crippen molar-refractivity contribution in [3.8, 4) is 17.2 Å². The first-order chi connectivity index (χ1) is 26.7. The van der Waals surface area contributed by atoms with Crippen molar-refractivity contribution in [2.45, 2.75) is 19.8 Å². The van der Waals surface area contributed by atoms with Gasteiger partial charge in [0.2, 0.25) is 0 Å². The molecular weight excluding hydrogens is 661 g/mol. The number of hydrogen-bond acceptors (Lipinski definition) is 3. The Balaban J connectivity index is 1.03. The van der Waals surface area contributed by atoms with Gasteiger partial charge in [-0.3, -0.25) is 0 Å². The van der Waals surface area contributed by atoms with Gasteiger partial charge in [-0.1, -0.05) is 146 Å². The first-order valence-corrected chi connectivity index (χ1v) is 18.5. The molecule has 54 heavy (non-hydrogen) atoms. The summed E-state index contributed by atoms with van der Waals surface area (Å²) in [5.74, 6) is 2.06. The molecule has 10 aromatic carbocycles. The summed E-state index contributed by atoms with van der Waals surface area (Å²) in [6.07, 6.45) is 0. The summed E-state index contributed by atoms with van der Waals surface area (Å²) in [4.78, 5) is 0. The first kappa shape index (κ1) is 31.9. The Labute approximate surface area is 313 Å². The van der Waals surface area contributed by atoms with Gasteiger partial charge in [-0.05, 0) is 82.8 Å². The second-order valence-corrected chi connectivity index (χ2v) is 13.9. The van der Waals surface area contributed by atoms with Crippen LogP contribution in [0.2, 0.25) is 0 Å². The van der Waals surface area contributed by atoms with E-state index in [0.29, 0.717) is 37.1 Å². The van der Waals surface area contributed by atoms with Crippen molar-refractivity contribution in [1.29, 1.82) is 0 Å². The Kier molecular flexibility index (Phi) is 8.03. The van der Waals surface area contributed by atoms with Crippen molar-refractivity contribution >= 4 is 64.6 Å². The monoisotopic (exact) mass is 696 g/mol. The number of hydrogen-bond donors (Lipinski definition) is 0. The molecule has 0 saturated carbocycles. The molecule has 0 bridgehead atoms. The van der Waals surface area contributed by atoms with Crippen LogP contribution in [-0.2, 0) is 19.8 Å². The summed E-state index contributed by atoms with van der Waals surface area (Å²) in [7, 11) is 0. The van der Waals surface area contributed by atoms with E-state index in [1.54, 1.807) is 0 Å². The summed E-state index contributed by atoms with van der Waals surface area (Å²) in [6, 6.07) is 63.9. The summed E-state index contributed by atoms with van der Waals surface area (Å²) >= 11 is 0. The van der Waals surface area contributed by atoms with E-state index in [4.69, 9.17) is 14.2 Å². The van der Waals surface area contributed by atoms with Crippen LogP contribution in [-0.4, -0.2) is 0 Å². The highest BCUT2D eigenvalue weighted by Crippen LogP contribution is 2.36. The maximum absolute atomic E-state index is 6.71. The fourth-order valence-electron chi connectivity index (χ4n) is 8.05. The molecule has 10 rings (SSSR count). The van der Waals surface area contributed by atoms with Crippen molar-refractivity contribution in [3.63, 3.8) is 0 Å². The minimum Gasteiger partial charge on any atom is -0.489 e. The Morgan fingerprint density at radius 3 is 0.667 bits per heavy atom. The summed E-state index contributed by atoms with van der Waals surface area (Å²) in [5.41, 5.74) is 3.46. The van der Waals surface area contributed by atoms with Crippen LogP contribution in [0.3, 0.4) is 0 Å². The lowest BCUT2D eigenvalue weighted by Crippen LogP contribution is -2.02. The van der Waals surface area contributed by atoms with E-state index in [1.807, 2.05) is 18.2 Å². The van der Waals surface area contributed by atoms with Crippen LogP contribution >= 0.6 is 0 Å². The fraction of sp³-hybridized carbons (Fsp3) is 0.0588. The molecule has 0 fully saturated rings. The smallest absolute Gasteiger partial charge is 0.127 e. The lowest BCUT2D eigenvalue weighted by atomic mass is 9.97. The minimum absolute atomic E-state index is 0.396. The van der Waals surface area contributed by atoms with Gasteiger partial charge in [-0.2, -0.15) is 0 Å². The standard InChI is InChI=1S/C51H36O3/c1-7-19-43-34(13-1)25-35-14-2-8-20-44(35)49(43)31-52-40-28-41(53-32-50-45-21-9-3-15-36(45)26-37-16-4-10-22-46(37)50)30-42(29-40)54-33-51-47-23-11-5-17-38(47)27-39-18-6-12-24-48(39)51/h1-30H,31-33H2. The molecule has 0 heterocycles. The fourth-order valence-corrected chi connectivity index (χ4v) is 8.05. The molecule has 0 aromatic heterocycles. The van der Waals surface area contributed by atoms with Crippen LogP contribution in [0.25, 0.3) is 64.6 Å². The quantitative estimate of drug-likeness (QED) is 0.141. The Morgan fingerprint density at radius 2 is 0.444 bits per heavy atom. The molecule has 0 atom stereocenters. The zero-order chi connectivity index (χ0) is 35.8. The first-order valence-electron chi connectivity index (χ1n) is 18.5. The summed E-state index contributed by atoms with van der Waals surface area (Å²) < 4.78 is 20.1. The number of benzene rings is 10. The molecule has 3 nitrogen and oxygen atoms in total. The summed E-state index contributed by atoms with van der Waals surface area (Å²) in [5, 5.41) is 14.3. The topological polar surface area (TPSA) is 27.7 Å². The van der Waals surface area contributed by atoms with Gasteiger partial charge < -0.3 is 14.2 Å². The van der Waals surface area contributed by atoms with Crippen LogP contribution in [0.5, 0.6) is 17.2 Å². The van der Waals surface area contributed by atoms with E-state index in [9.17, 15) is 0 Å². The van der Waals surface area contributed by atoms with Crippen LogP contribution < -0.4 is 14.2 Å². The van der Waals surface area contributed by atoms with Gasteiger partial charge in [0.25, 0.3) is 0 Å². The third-order valence-electron chi connectivity index (χ3n) is 10.7. The van der Waals surface area contributed by atoms with E-state index >= 15 is 0 Å². The third-order valence-corrected chi connectivity index (χ3v) is 10.7. The molecule has 3 heteroatoms. The van der Waals surface area contributed by atoms with Crippen molar-refractivity contribution in [2.24, 2.45) is 0 Å². The largest absolute Gasteiger partial charge is 0.489 e. The number of fused-ring (bicyclic) bond motifs is 6. The zero-order valence-electron chi connectivity index (χ0n) is 29.7. The number of ether oxygens (including phenoxy) is 3. The van der Waals surface area contributed by atoms with E-state index in [2.05, 4.69) is 164 Å². The lowest BCUT2D eigenvalue weighted by molar-refractivity contribution is 0.277. The molecular formula is C51H36O3. The highest BCUT2D eigenvalue weighted by molar-refractivity contribution is 6.04. The van der Waals surface area contributed by atoms with Crippen molar-refractivity contribution in [1.82, 2.24) is 0 Å². The van der Waals surface area contributed by atoms with Crippen LogP contribution in [0.1, 0.15) is 16.7 Å². The van der Waals surface area contributed by atoms with Crippen LogP contribution in [0.15, 0.2) is 182 Å². The SMILES string of the molecule is c1ccc2c(COc3cc(OCc4c5ccccc5cc5ccccc45)cc(OCc4c5ccccc5cc5ccccc45)c3)c3ccccc3cc2c1. The number of rotatable bonds is 9. The van der Waals surface area contributed by atoms with Gasteiger partial charge >= 0.3 is 0 Å². The maximum Gasteiger partial charge on any atom is 0.127 e. The second-order valence-electron chi connectivity index (χ2n) is 13.9. The van der Waals surface area contributed by atoms with E-state index < -0.39 is 0 Å². The highest BCUT2D eigenvalue weighted by Gasteiger charge is 2.14. The van der Waals surface area contributed by atoms with Gasteiger partial charge in [-0.15, -0.1) is 0 Å². The minimum atomic E-state index is 0.396. The molecule has 0 saturated heterocycles. The normalized spacial score (nSPS) is 11.6. The highest BCUT2D eigenvalue weighted by atomic mass is 16.5. The molecule has 0 aliphatic carbocycles. The Bertz CT molecular complexity index is 2520. The molecule has 0 aliphatic rings.